The molecule has 1 nitrogen and oxygen atoms in total. The van der Waals surface area contributed by atoms with Gasteiger partial charge in [0, 0.05) is 5.56 Å². The number of hydrogen-bond acceptors (Lipinski definition) is 1. The Kier molecular flexibility index (Phi) is 3.35. The highest BCUT2D eigenvalue weighted by atomic mass is 16.5. The largest absolute Gasteiger partial charge is 0.360 e. The van der Waals surface area contributed by atoms with E-state index in [1.807, 2.05) is 30.3 Å². The number of aryl methyl sites for hydroxylation is 1. The summed E-state index contributed by atoms with van der Waals surface area (Å²) in [5, 5.41) is 0. The molecule has 0 aromatic heterocycles. The average Bonchev–Trinajstić information content (AvgIpc) is 2.45. The van der Waals surface area contributed by atoms with Gasteiger partial charge in [0.1, 0.15) is 6.10 Å². The maximum atomic E-state index is 5.79. The van der Waals surface area contributed by atoms with Crippen molar-refractivity contribution in [1.29, 1.82) is 0 Å². The quantitative estimate of drug-likeness (QED) is 0.646. The lowest BCUT2D eigenvalue weighted by Crippen LogP contribution is -2.15. The van der Waals surface area contributed by atoms with Gasteiger partial charge in [0.2, 0.25) is 0 Å². The summed E-state index contributed by atoms with van der Waals surface area (Å²) < 4.78 is 5.79. The fraction of sp³-hybridized carbons (Fsp3) is 0.222. The molecule has 0 saturated carbocycles. The van der Waals surface area contributed by atoms with Gasteiger partial charge in [-0.15, -0.1) is 0 Å². The summed E-state index contributed by atoms with van der Waals surface area (Å²) in [4.78, 5) is 0. The molecule has 0 aliphatic carbocycles. The molecule has 2 aromatic carbocycles. The molecule has 1 atom stereocenters. The van der Waals surface area contributed by atoms with Crippen LogP contribution in [0.2, 0.25) is 0 Å². The lowest BCUT2D eigenvalue weighted by Gasteiger charge is -2.22. The fourth-order valence-electron chi connectivity index (χ4n) is 2.37. The topological polar surface area (TPSA) is 9.23 Å². The molecule has 0 saturated heterocycles. The van der Waals surface area contributed by atoms with Gasteiger partial charge in [0.15, 0.2) is 0 Å². The first-order chi connectivity index (χ1) is 9.33. The normalized spacial score (nSPS) is 17.2. The summed E-state index contributed by atoms with van der Waals surface area (Å²) in [5.74, 6) is 6.44. The number of fused-ring (bicyclic) bond motifs is 1. The van der Waals surface area contributed by atoms with Crippen molar-refractivity contribution in [2.75, 3.05) is 6.61 Å². The van der Waals surface area contributed by atoms with Gasteiger partial charge in [-0.3, -0.25) is 0 Å². The molecule has 0 amide bonds. The van der Waals surface area contributed by atoms with E-state index in [0.29, 0.717) is 0 Å². The van der Waals surface area contributed by atoms with Gasteiger partial charge in [-0.05, 0) is 36.6 Å². The zero-order valence-electron chi connectivity index (χ0n) is 11.0. The fourth-order valence-corrected chi connectivity index (χ4v) is 2.37. The molecule has 1 heterocycles. The van der Waals surface area contributed by atoms with Crippen LogP contribution in [-0.2, 0) is 11.2 Å². The van der Waals surface area contributed by atoms with E-state index < -0.39 is 0 Å². The van der Waals surface area contributed by atoms with E-state index in [2.05, 4.69) is 37.0 Å². The molecule has 1 aliphatic rings. The van der Waals surface area contributed by atoms with E-state index in [1.54, 1.807) is 0 Å². The Morgan fingerprint density at radius 3 is 2.79 bits per heavy atom. The second-order valence-electron chi connectivity index (χ2n) is 4.84. The molecule has 0 radical (unpaired) electrons. The molecule has 0 N–H and O–H groups in total. The molecule has 0 fully saturated rings. The summed E-state index contributed by atoms with van der Waals surface area (Å²) in [5.41, 5.74) is 4.93. The third-order valence-electron chi connectivity index (χ3n) is 3.36. The summed E-state index contributed by atoms with van der Waals surface area (Å²) in [6.07, 6.45) is 0.894. The van der Waals surface area contributed by atoms with Crippen LogP contribution in [0.4, 0.5) is 0 Å². The first-order valence-electron chi connectivity index (χ1n) is 6.60. The average molecular weight is 248 g/mol. The number of hydrogen-bond donors (Lipinski definition) is 0. The maximum absolute atomic E-state index is 5.79. The standard InChI is InChI=1S/C18H16O/c1-14-7-9-17-16(13-14)11-12-19-18(17)10-8-15-5-3-2-4-6-15/h2-7,9,13,18H,11-12H2,1H3/t18-/m1/s1. The van der Waals surface area contributed by atoms with E-state index >= 15 is 0 Å². The Bertz CT molecular complexity index is 632. The highest BCUT2D eigenvalue weighted by molar-refractivity contribution is 5.41. The van der Waals surface area contributed by atoms with Crippen LogP contribution < -0.4 is 0 Å². The van der Waals surface area contributed by atoms with Gasteiger partial charge >= 0.3 is 0 Å². The molecular weight excluding hydrogens is 232 g/mol. The number of rotatable bonds is 0. The monoisotopic (exact) mass is 248 g/mol. The van der Waals surface area contributed by atoms with Gasteiger partial charge in [-0.25, -0.2) is 0 Å². The molecule has 3 rings (SSSR count). The van der Waals surface area contributed by atoms with Crippen LogP contribution in [0.25, 0.3) is 0 Å². The molecule has 94 valence electrons. The molecular formula is C18H16O. The zero-order valence-corrected chi connectivity index (χ0v) is 11.0. The second kappa shape index (κ2) is 5.30. The van der Waals surface area contributed by atoms with Gasteiger partial charge < -0.3 is 4.74 Å². The lowest BCUT2D eigenvalue weighted by atomic mass is 9.96. The van der Waals surface area contributed by atoms with Crippen molar-refractivity contribution >= 4 is 0 Å². The molecule has 0 spiro atoms. The van der Waals surface area contributed by atoms with Crippen LogP contribution in [-0.4, -0.2) is 6.61 Å². The summed E-state index contributed by atoms with van der Waals surface area (Å²) in [6.45, 7) is 2.88. The summed E-state index contributed by atoms with van der Waals surface area (Å²) in [6, 6.07) is 16.6. The van der Waals surface area contributed by atoms with Crippen LogP contribution in [0.3, 0.4) is 0 Å². The highest BCUT2D eigenvalue weighted by Gasteiger charge is 2.18. The van der Waals surface area contributed by atoms with E-state index in [9.17, 15) is 0 Å². The first kappa shape index (κ1) is 12.0. The maximum Gasteiger partial charge on any atom is 0.144 e. The predicted octanol–water partition coefficient (Wildman–Crippen LogP) is 3.66. The van der Waals surface area contributed by atoms with Gasteiger partial charge in [0.05, 0.1) is 6.61 Å². The third kappa shape index (κ3) is 2.70. The smallest absolute Gasteiger partial charge is 0.144 e. The Morgan fingerprint density at radius 2 is 1.95 bits per heavy atom. The number of ether oxygens (including phenoxy) is 1. The van der Waals surface area contributed by atoms with Crippen LogP contribution in [0.15, 0.2) is 48.5 Å². The van der Waals surface area contributed by atoms with E-state index in [0.717, 1.165) is 18.6 Å². The van der Waals surface area contributed by atoms with Crippen LogP contribution in [0.1, 0.15) is 28.4 Å². The first-order valence-corrected chi connectivity index (χ1v) is 6.60. The Balaban J connectivity index is 1.91. The van der Waals surface area contributed by atoms with Crippen molar-refractivity contribution in [3.8, 4) is 11.8 Å². The molecule has 2 aromatic rings. The van der Waals surface area contributed by atoms with Crippen molar-refractivity contribution in [3.63, 3.8) is 0 Å². The van der Waals surface area contributed by atoms with Crippen molar-refractivity contribution in [2.24, 2.45) is 0 Å². The summed E-state index contributed by atoms with van der Waals surface area (Å²) >= 11 is 0. The second-order valence-corrected chi connectivity index (χ2v) is 4.84. The SMILES string of the molecule is Cc1ccc2c(c1)CCO[C@@H]2C#Cc1ccccc1. The van der Waals surface area contributed by atoms with Crippen molar-refractivity contribution < 1.29 is 4.74 Å². The van der Waals surface area contributed by atoms with E-state index in [-0.39, 0.29) is 6.10 Å². The van der Waals surface area contributed by atoms with Gasteiger partial charge in [0.25, 0.3) is 0 Å². The van der Waals surface area contributed by atoms with Crippen molar-refractivity contribution in [2.45, 2.75) is 19.4 Å². The minimum atomic E-state index is -0.0930. The van der Waals surface area contributed by atoms with Gasteiger partial charge in [-0.1, -0.05) is 53.8 Å². The zero-order chi connectivity index (χ0) is 13.1. The summed E-state index contributed by atoms with van der Waals surface area (Å²) in [7, 11) is 0. The van der Waals surface area contributed by atoms with Gasteiger partial charge in [-0.2, -0.15) is 0 Å². The van der Waals surface area contributed by atoms with Crippen molar-refractivity contribution in [3.05, 3.63) is 70.8 Å². The highest BCUT2D eigenvalue weighted by Crippen LogP contribution is 2.27. The van der Waals surface area contributed by atoms with Crippen molar-refractivity contribution in [1.82, 2.24) is 0 Å². The molecule has 1 heteroatoms. The van der Waals surface area contributed by atoms with Crippen LogP contribution >= 0.6 is 0 Å². The Labute approximate surface area is 114 Å². The molecule has 0 unspecified atom stereocenters. The Morgan fingerprint density at radius 1 is 1.11 bits per heavy atom. The lowest BCUT2D eigenvalue weighted by molar-refractivity contribution is 0.0813. The van der Waals surface area contributed by atoms with E-state index in [1.165, 1.54) is 16.7 Å². The predicted molar refractivity (Wildman–Crippen MR) is 76.9 cm³/mol. The molecule has 1 aliphatic heterocycles. The minimum Gasteiger partial charge on any atom is -0.360 e. The van der Waals surface area contributed by atoms with Crippen LogP contribution in [0.5, 0.6) is 0 Å². The molecule has 0 bridgehead atoms. The van der Waals surface area contributed by atoms with E-state index in [4.69, 9.17) is 4.74 Å². The Hall–Kier alpha value is -2.04. The minimum absolute atomic E-state index is 0.0930. The molecule has 19 heavy (non-hydrogen) atoms. The van der Waals surface area contributed by atoms with Crippen LogP contribution in [0, 0.1) is 18.8 Å². The number of benzene rings is 2. The third-order valence-corrected chi connectivity index (χ3v) is 3.36.